The van der Waals surface area contributed by atoms with E-state index in [-0.39, 0.29) is 36.2 Å². The maximum atomic E-state index is 12.4. The van der Waals surface area contributed by atoms with Crippen LogP contribution >= 0.6 is 0 Å². The molecular weight excluding hydrogens is 733 g/mol. The van der Waals surface area contributed by atoms with Crippen LogP contribution in [0.2, 0.25) is 0 Å². The number of aliphatic imine (C=N–C) groups is 1. The maximum absolute atomic E-state index is 12.4. The third kappa shape index (κ3) is 11.5. The molecule has 14 nitrogen and oxygen atoms in total. The summed E-state index contributed by atoms with van der Waals surface area (Å²) in [4.78, 5) is 45.4. The number of likely N-dealkylation sites (tertiary alicyclic amines) is 1. The molecule has 0 aromatic heterocycles. The number of carbonyl (C=O) groups excluding carboxylic acids is 1. The third-order valence-electron chi connectivity index (χ3n) is 8.83. The molecule has 52 heavy (non-hydrogen) atoms. The molecule has 0 spiro atoms. The quantitative estimate of drug-likeness (QED) is 0.122. The van der Waals surface area contributed by atoms with E-state index in [0.29, 0.717) is 19.3 Å². The third-order valence-corrected chi connectivity index (χ3v) is 8.83. The number of aliphatic carboxylic acids is 3. The normalized spacial score (nSPS) is 25.0. The number of aromatic hydroxyl groups is 1. The first-order valence-electron chi connectivity index (χ1n) is 15.2. The van der Waals surface area contributed by atoms with Crippen LogP contribution in [0.1, 0.15) is 49.7 Å². The predicted octanol–water partition coefficient (Wildman–Crippen LogP) is 2.24. The summed E-state index contributed by atoms with van der Waals surface area (Å²) in [5.41, 5.74) is 11.6. The van der Waals surface area contributed by atoms with E-state index in [9.17, 15) is 54.5 Å². The molecule has 1 aromatic carbocycles. The minimum atomic E-state index is -5.08. The number of phenols is 1. The summed E-state index contributed by atoms with van der Waals surface area (Å²) in [7, 11) is 0. The Bertz CT molecular complexity index is 1440. The fourth-order valence-electron chi connectivity index (χ4n) is 6.51. The van der Waals surface area contributed by atoms with Gasteiger partial charge in [0.25, 0.3) is 0 Å². The zero-order valence-corrected chi connectivity index (χ0v) is 26.9. The van der Waals surface area contributed by atoms with Gasteiger partial charge in [0.1, 0.15) is 12.3 Å². The van der Waals surface area contributed by atoms with Gasteiger partial charge in [0.2, 0.25) is 5.91 Å². The molecule has 1 amide bonds. The van der Waals surface area contributed by atoms with Gasteiger partial charge in [0.05, 0.1) is 5.60 Å². The second-order valence-electron chi connectivity index (χ2n) is 12.4. The van der Waals surface area contributed by atoms with E-state index >= 15 is 0 Å². The zero-order chi connectivity index (χ0) is 40.0. The molecule has 1 aromatic rings. The Balaban J connectivity index is 0.000000365. The molecule has 2 saturated carbocycles. The van der Waals surface area contributed by atoms with Crippen LogP contribution in [0.25, 0.3) is 0 Å². The van der Waals surface area contributed by atoms with E-state index < -0.39 is 47.5 Å². The van der Waals surface area contributed by atoms with Gasteiger partial charge in [-0.3, -0.25) is 9.69 Å². The van der Waals surface area contributed by atoms with Crippen LogP contribution in [-0.4, -0.2) is 116 Å². The van der Waals surface area contributed by atoms with Gasteiger partial charge in [0.15, 0.2) is 5.96 Å². The second-order valence-corrected chi connectivity index (χ2v) is 12.4. The highest BCUT2D eigenvalue weighted by atomic mass is 19.4. The van der Waals surface area contributed by atoms with Crippen molar-refractivity contribution < 1.29 is 84.2 Å². The number of piperidine rings is 1. The monoisotopic (exact) mass is 769 g/mol. The first kappa shape index (κ1) is 43.6. The number of alkyl halides is 9. The molecule has 4 atom stereocenters. The van der Waals surface area contributed by atoms with Crippen molar-refractivity contribution in [1.29, 1.82) is 0 Å². The summed E-state index contributed by atoms with van der Waals surface area (Å²) in [5.74, 6) is -7.59. The summed E-state index contributed by atoms with van der Waals surface area (Å²) in [6.07, 6.45) is -9.04. The predicted molar refractivity (Wildman–Crippen MR) is 159 cm³/mol. The summed E-state index contributed by atoms with van der Waals surface area (Å²) in [5, 5.41) is 47.0. The average molecular weight is 770 g/mol. The number of amides is 1. The molecule has 1 heterocycles. The molecule has 23 heteroatoms. The topological polar surface area (TPSA) is 249 Å². The summed E-state index contributed by atoms with van der Waals surface area (Å²) < 4.78 is 95.2. The molecular formula is C29H36F9N5O9. The Morgan fingerprint density at radius 2 is 1.37 bits per heavy atom. The van der Waals surface area contributed by atoms with Gasteiger partial charge in [-0.2, -0.15) is 39.5 Å². The van der Waals surface area contributed by atoms with Crippen molar-refractivity contribution in [3.63, 3.8) is 0 Å². The van der Waals surface area contributed by atoms with Gasteiger partial charge < -0.3 is 42.3 Å². The van der Waals surface area contributed by atoms with Crippen LogP contribution in [0.4, 0.5) is 39.5 Å². The number of phenolic OH excluding ortho intramolecular Hbond substituents is 1. The van der Waals surface area contributed by atoms with Crippen LogP contribution in [0.5, 0.6) is 5.75 Å². The number of hydrogen-bond acceptors (Lipinski definition) is 8. The van der Waals surface area contributed by atoms with Crippen LogP contribution in [0, 0.1) is 5.92 Å². The lowest BCUT2D eigenvalue weighted by atomic mass is 9.49. The van der Waals surface area contributed by atoms with Crippen LogP contribution in [0.3, 0.4) is 0 Å². The number of aliphatic hydroxyl groups is 1. The van der Waals surface area contributed by atoms with Gasteiger partial charge >= 0.3 is 36.4 Å². The number of carbonyl (C=O) groups is 4. The van der Waals surface area contributed by atoms with Crippen molar-refractivity contribution in [2.24, 2.45) is 22.4 Å². The van der Waals surface area contributed by atoms with E-state index in [1.165, 1.54) is 18.4 Å². The molecule has 2 bridgehead atoms. The maximum Gasteiger partial charge on any atom is 0.490 e. The summed E-state index contributed by atoms with van der Waals surface area (Å²) >= 11 is 0. The number of carboxylic acids is 3. The molecule has 1 saturated heterocycles. The number of rotatable bonds is 5. The zero-order valence-electron chi connectivity index (χ0n) is 26.9. The first-order chi connectivity index (χ1) is 23.6. The molecule has 3 aliphatic carbocycles. The van der Waals surface area contributed by atoms with E-state index in [1.807, 2.05) is 12.1 Å². The average Bonchev–Trinajstić information content (AvgIpc) is 3.82. The molecule has 294 valence electrons. The van der Waals surface area contributed by atoms with Crippen molar-refractivity contribution in [2.45, 2.75) is 86.6 Å². The number of hydrogen-bond donors (Lipinski definition) is 8. The van der Waals surface area contributed by atoms with E-state index in [2.05, 4.69) is 15.2 Å². The molecule has 0 radical (unpaired) electrons. The van der Waals surface area contributed by atoms with E-state index in [0.717, 1.165) is 37.4 Å². The van der Waals surface area contributed by atoms with Crippen LogP contribution in [0.15, 0.2) is 23.2 Å². The Hall–Kier alpha value is -4.54. The van der Waals surface area contributed by atoms with Crippen molar-refractivity contribution in [2.75, 3.05) is 19.6 Å². The van der Waals surface area contributed by atoms with Gasteiger partial charge in [-0.05, 0) is 80.7 Å². The number of guanidine groups is 1. The Labute approximate surface area is 288 Å². The minimum absolute atomic E-state index is 0.0640. The van der Waals surface area contributed by atoms with Gasteiger partial charge in [0, 0.05) is 24.0 Å². The van der Waals surface area contributed by atoms with Gasteiger partial charge in [-0.1, -0.05) is 6.07 Å². The summed E-state index contributed by atoms with van der Waals surface area (Å²) in [6.45, 7) is 1.91. The smallest absolute Gasteiger partial charge is 0.490 e. The molecule has 4 aliphatic rings. The SMILES string of the molecule is NC(N)=NCC(=O)N[C@@H]1CC[C@@]2(O)[C@H]3Cc4ccc(O)cc4[C@@]2(CCN3CC2CC2)C1.O=C(O)C(F)(F)F.O=C(O)C(F)(F)F.O=C(O)C(F)(F)F. The van der Waals surface area contributed by atoms with Crippen molar-refractivity contribution in [1.82, 2.24) is 10.2 Å². The minimum Gasteiger partial charge on any atom is -0.508 e. The van der Waals surface area contributed by atoms with Crippen molar-refractivity contribution in [3.8, 4) is 5.75 Å². The number of fused-ring (bicyclic) bond motifs is 1. The van der Waals surface area contributed by atoms with Crippen LogP contribution in [-0.2, 0) is 31.0 Å². The van der Waals surface area contributed by atoms with E-state index in [1.54, 1.807) is 6.07 Å². The van der Waals surface area contributed by atoms with Gasteiger partial charge in [-0.25, -0.2) is 19.4 Å². The van der Waals surface area contributed by atoms with Gasteiger partial charge in [-0.15, -0.1) is 0 Å². The lowest BCUT2D eigenvalue weighted by Crippen LogP contribution is -2.74. The lowest BCUT2D eigenvalue weighted by Gasteiger charge is -2.65. The number of halogens is 9. The van der Waals surface area contributed by atoms with Crippen molar-refractivity contribution >= 4 is 29.8 Å². The first-order valence-corrected chi connectivity index (χ1v) is 15.2. The number of carboxylic acid groups (broad SMARTS) is 3. The number of nitrogens with one attached hydrogen (secondary N) is 1. The highest BCUT2D eigenvalue weighted by molar-refractivity contribution is 5.83. The highest BCUT2D eigenvalue weighted by Gasteiger charge is 2.64. The Kier molecular flexibility index (Phi) is 13.8. The molecule has 1 aliphatic heterocycles. The van der Waals surface area contributed by atoms with E-state index in [4.69, 9.17) is 41.2 Å². The molecule has 3 fully saturated rings. The molecule has 5 rings (SSSR count). The number of benzene rings is 1. The molecule has 0 unspecified atom stereocenters. The number of nitrogens with two attached hydrogens (primary N) is 2. The second kappa shape index (κ2) is 16.4. The van der Waals surface area contributed by atoms with Crippen LogP contribution < -0.4 is 16.8 Å². The Morgan fingerprint density at radius 1 is 0.865 bits per heavy atom. The fraction of sp³-hybridized carbons (Fsp3) is 0.621. The fourth-order valence-corrected chi connectivity index (χ4v) is 6.51. The summed E-state index contributed by atoms with van der Waals surface area (Å²) in [6, 6.07) is 5.62. The van der Waals surface area contributed by atoms with Crippen molar-refractivity contribution in [3.05, 3.63) is 29.3 Å². The largest absolute Gasteiger partial charge is 0.508 e. The Morgan fingerprint density at radius 3 is 1.81 bits per heavy atom. The highest BCUT2D eigenvalue weighted by Crippen LogP contribution is 2.58. The lowest BCUT2D eigenvalue weighted by molar-refractivity contribution is -0.193. The molecule has 10 N–H and O–H groups in total. The number of nitrogens with zero attached hydrogens (tertiary/aromatic N) is 2. The standard InChI is InChI=1S/C23H33N5O3.3C2HF3O2/c24-21(25)26-12-20(30)27-16-5-6-23(31)19-9-15-3-4-17(29)10-18(15)22(23,11-16)7-8-28(19)13-14-1-2-14;3*3-2(4,5)1(6)7/h3-4,10,14,16,19,29,31H,1-2,5-9,11-13H2,(H,27,30)(H4,24,25,26);3*(H,6,7)/t16-,19-,22-,23-;;;/m1.../s1.